The van der Waals surface area contributed by atoms with Gasteiger partial charge in [0.05, 0.1) is 12.8 Å². The number of pyridine rings is 1. The zero-order valence-electron chi connectivity index (χ0n) is 13.5. The lowest BCUT2D eigenvalue weighted by molar-refractivity contribution is 0.416. The Morgan fingerprint density at radius 1 is 1.00 bits per heavy atom. The molecule has 0 atom stereocenters. The summed E-state index contributed by atoms with van der Waals surface area (Å²) in [4.78, 5) is 4.41. The van der Waals surface area contributed by atoms with Crippen LogP contribution in [0.3, 0.4) is 0 Å². The minimum atomic E-state index is 0.421. The minimum Gasteiger partial charge on any atom is -0.496 e. The molecule has 3 N–H and O–H groups in total. The van der Waals surface area contributed by atoms with E-state index in [1.54, 1.807) is 19.2 Å². The lowest BCUT2D eigenvalue weighted by Gasteiger charge is -2.12. The van der Waals surface area contributed by atoms with Crippen LogP contribution < -0.4 is 15.8 Å². The molecular weight excluding hydrogens is 322 g/mol. The smallest absolute Gasteiger partial charge is 0.128 e. The van der Waals surface area contributed by atoms with Crippen LogP contribution in [0, 0.1) is 6.92 Å². The number of aryl methyl sites for hydroxylation is 1. The number of nitrogens with two attached hydrogens (primary N) is 1. The van der Waals surface area contributed by atoms with Crippen LogP contribution in [0.2, 0.25) is 5.02 Å². The SMILES string of the molecule is COc1ccc(Cl)cc1-c1cc(Nc2ccc(C)cc2)cc(N)n1. The maximum Gasteiger partial charge on any atom is 0.128 e. The van der Waals surface area contributed by atoms with E-state index in [1.165, 1.54) is 5.56 Å². The normalized spacial score (nSPS) is 10.5. The first-order valence-electron chi connectivity index (χ1n) is 7.50. The summed E-state index contributed by atoms with van der Waals surface area (Å²) >= 11 is 6.12. The molecule has 122 valence electrons. The van der Waals surface area contributed by atoms with Crippen molar-refractivity contribution in [1.82, 2.24) is 4.98 Å². The number of benzene rings is 2. The molecule has 1 aromatic heterocycles. The Balaban J connectivity index is 2.00. The summed E-state index contributed by atoms with van der Waals surface area (Å²) in [6, 6.07) is 17.3. The van der Waals surface area contributed by atoms with Gasteiger partial charge in [-0.1, -0.05) is 29.3 Å². The first kappa shape index (κ1) is 16.1. The van der Waals surface area contributed by atoms with Gasteiger partial charge in [0, 0.05) is 28.0 Å². The zero-order chi connectivity index (χ0) is 17.1. The van der Waals surface area contributed by atoms with Crippen LogP contribution in [-0.2, 0) is 0 Å². The summed E-state index contributed by atoms with van der Waals surface area (Å²) in [6.45, 7) is 2.05. The monoisotopic (exact) mass is 339 g/mol. The summed E-state index contributed by atoms with van der Waals surface area (Å²) < 4.78 is 5.41. The van der Waals surface area contributed by atoms with Gasteiger partial charge in [-0.15, -0.1) is 0 Å². The van der Waals surface area contributed by atoms with Crippen LogP contribution in [-0.4, -0.2) is 12.1 Å². The van der Waals surface area contributed by atoms with Crippen molar-refractivity contribution in [3.05, 3.63) is 65.2 Å². The van der Waals surface area contributed by atoms with Crippen LogP contribution in [0.25, 0.3) is 11.3 Å². The van der Waals surface area contributed by atoms with Crippen LogP contribution in [0.15, 0.2) is 54.6 Å². The molecule has 5 heteroatoms. The lowest BCUT2D eigenvalue weighted by atomic mass is 10.1. The van der Waals surface area contributed by atoms with E-state index < -0.39 is 0 Å². The van der Waals surface area contributed by atoms with Crippen molar-refractivity contribution in [2.75, 3.05) is 18.2 Å². The topological polar surface area (TPSA) is 60.2 Å². The maximum absolute atomic E-state index is 6.12. The zero-order valence-corrected chi connectivity index (χ0v) is 14.3. The number of nitrogen functional groups attached to an aromatic ring is 1. The van der Waals surface area contributed by atoms with Gasteiger partial charge >= 0.3 is 0 Å². The molecule has 0 fully saturated rings. The molecule has 4 nitrogen and oxygen atoms in total. The molecule has 3 aromatic rings. The Morgan fingerprint density at radius 2 is 1.75 bits per heavy atom. The third kappa shape index (κ3) is 3.60. The molecule has 0 spiro atoms. The van der Waals surface area contributed by atoms with E-state index in [0.29, 0.717) is 22.3 Å². The van der Waals surface area contributed by atoms with Crippen molar-refractivity contribution in [2.24, 2.45) is 0 Å². The number of nitrogens with zero attached hydrogens (tertiary/aromatic N) is 1. The van der Waals surface area contributed by atoms with Gasteiger partial charge in [0.15, 0.2) is 0 Å². The fourth-order valence-corrected chi connectivity index (χ4v) is 2.62. The molecule has 0 radical (unpaired) electrons. The van der Waals surface area contributed by atoms with Crippen LogP contribution in [0.4, 0.5) is 17.2 Å². The van der Waals surface area contributed by atoms with E-state index in [2.05, 4.69) is 17.2 Å². The summed E-state index contributed by atoms with van der Waals surface area (Å²) in [7, 11) is 1.62. The van der Waals surface area contributed by atoms with Crippen molar-refractivity contribution in [2.45, 2.75) is 6.92 Å². The molecule has 1 heterocycles. The second-order valence-electron chi connectivity index (χ2n) is 5.50. The van der Waals surface area contributed by atoms with Gasteiger partial charge in [0.25, 0.3) is 0 Å². The minimum absolute atomic E-state index is 0.421. The van der Waals surface area contributed by atoms with Crippen molar-refractivity contribution >= 4 is 28.8 Å². The van der Waals surface area contributed by atoms with E-state index in [1.807, 2.05) is 42.5 Å². The predicted octanol–water partition coefficient (Wildman–Crippen LogP) is 5.04. The third-order valence-electron chi connectivity index (χ3n) is 3.62. The van der Waals surface area contributed by atoms with Crippen molar-refractivity contribution in [1.29, 1.82) is 0 Å². The van der Waals surface area contributed by atoms with Crippen molar-refractivity contribution in [3.8, 4) is 17.0 Å². The van der Waals surface area contributed by atoms with Crippen LogP contribution >= 0.6 is 11.6 Å². The molecule has 0 aliphatic rings. The van der Waals surface area contributed by atoms with Gasteiger partial charge in [0.1, 0.15) is 11.6 Å². The predicted molar refractivity (Wildman–Crippen MR) is 100 cm³/mol. The van der Waals surface area contributed by atoms with Crippen LogP contribution in [0.5, 0.6) is 5.75 Å². The lowest BCUT2D eigenvalue weighted by Crippen LogP contribution is -1.98. The number of aromatic nitrogens is 1. The second kappa shape index (κ2) is 6.81. The second-order valence-corrected chi connectivity index (χ2v) is 5.94. The number of halogens is 1. The highest BCUT2D eigenvalue weighted by atomic mass is 35.5. The number of nitrogens with one attached hydrogen (secondary N) is 1. The Bertz CT molecular complexity index is 863. The number of ether oxygens (including phenoxy) is 1. The first-order chi connectivity index (χ1) is 11.5. The van der Waals surface area contributed by atoms with Crippen LogP contribution in [0.1, 0.15) is 5.56 Å². The third-order valence-corrected chi connectivity index (χ3v) is 3.86. The fourth-order valence-electron chi connectivity index (χ4n) is 2.45. The van der Waals surface area contributed by atoms with E-state index in [9.17, 15) is 0 Å². The Hall–Kier alpha value is -2.72. The van der Waals surface area contributed by atoms with Gasteiger partial charge in [-0.2, -0.15) is 0 Å². The van der Waals surface area contributed by atoms with Gasteiger partial charge in [-0.25, -0.2) is 4.98 Å². The Labute approximate surface area is 146 Å². The number of hydrogen-bond acceptors (Lipinski definition) is 4. The Morgan fingerprint density at radius 3 is 2.46 bits per heavy atom. The molecule has 0 unspecified atom stereocenters. The molecule has 3 rings (SSSR count). The quantitative estimate of drug-likeness (QED) is 0.698. The van der Waals surface area contributed by atoms with E-state index in [0.717, 1.165) is 16.9 Å². The molecule has 0 bridgehead atoms. The summed E-state index contributed by atoms with van der Waals surface area (Å²) in [6.07, 6.45) is 0. The highest BCUT2D eigenvalue weighted by Gasteiger charge is 2.10. The highest BCUT2D eigenvalue weighted by Crippen LogP contribution is 2.33. The standard InChI is InChI=1S/C19H18ClN3O/c1-12-3-6-14(7-4-12)22-15-10-17(23-19(21)11-15)16-9-13(20)5-8-18(16)24-2/h3-11H,1-2H3,(H3,21,22,23). The molecular formula is C19H18ClN3O. The van der Waals surface area contributed by atoms with Gasteiger partial charge in [-0.3, -0.25) is 0 Å². The number of anilines is 3. The summed E-state index contributed by atoms with van der Waals surface area (Å²) in [5.74, 6) is 1.11. The number of rotatable bonds is 4. The number of methoxy groups -OCH3 is 1. The molecule has 2 aromatic carbocycles. The fraction of sp³-hybridized carbons (Fsp3) is 0.105. The van der Waals surface area contributed by atoms with E-state index >= 15 is 0 Å². The molecule has 24 heavy (non-hydrogen) atoms. The number of hydrogen-bond donors (Lipinski definition) is 2. The summed E-state index contributed by atoms with van der Waals surface area (Å²) in [5, 5.41) is 3.95. The van der Waals surface area contributed by atoms with Crippen molar-refractivity contribution < 1.29 is 4.74 Å². The molecule has 0 aliphatic heterocycles. The van der Waals surface area contributed by atoms with Crippen molar-refractivity contribution in [3.63, 3.8) is 0 Å². The van der Waals surface area contributed by atoms with Gasteiger partial charge in [0.2, 0.25) is 0 Å². The largest absolute Gasteiger partial charge is 0.496 e. The first-order valence-corrected chi connectivity index (χ1v) is 7.88. The van der Waals surface area contributed by atoms with Gasteiger partial charge in [-0.05, 0) is 43.3 Å². The van der Waals surface area contributed by atoms with Gasteiger partial charge < -0.3 is 15.8 Å². The average molecular weight is 340 g/mol. The maximum atomic E-state index is 6.12. The highest BCUT2D eigenvalue weighted by molar-refractivity contribution is 6.31. The summed E-state index contributed by atoms with van der Waals surface area (Å²) in [5.41, 5.74) is 10.5. The average Bonchev–Trinajstić information content (AvgIpc) is 2.56. The molecule has 0 amide bonds. The molecule has 0 aliphatic carbocycles. The molecule has 0 saturated carbocycles. The van der Waals surface area contributed by atoms with E-state index in [4.69, 9.17) is 22.1 Å². The Kier molecular flexibility index (Phi) is 4.58. The van der Waals surface area contributed by atoms with E-state index in [-0.39, 0.29) is 0 Å². The molecule has 0 saturated heterocycles.